The van der Waals surface area contributed by atoms with Gasteiger partial charge < -0.3 is 5.11 Å². The normalized spacial score (nSPS) is 18.6. The SMILES string of the molecule is O=[N+]([O-])c1cc(S(=O)(=O)NCC2(O)CCCCC2)sc1Cl. The zero-order valence-corrected chi connectivity index (χ0v) is 13.4. The Labute approximate surface area is 131 Å². The maximum Gasteiger partial charge on any atom is 0.300 e. The van der Waals surface area contributed by atoms with E-state index in [9.17, 15) is 23.6 Å². The fourth-order valence-electron chi connectivity index (χ4n) is 2.28. The third-order valence-corrected chi connectivity index (χ3v) is 6.70. The molecule has 0 radical (unpaired) electrons. The van der Waals surface area contributed by atoms with Crippen LogP contribution in [-0.4, -0.2) is 30.6 Å². The van der Waals surface area contributed by atoms with Crippen molar-refractivity contribution in [3.8, 4) is 0 Å². The second kappa shape index (κ2) is 6.17. The summed E-state index contributed by atoms with van der Waals surface area (Å²) in [7, 11) is -3.91. The molecule has 21 heavy (non-hydrogen) atoms. The van der Waals surface area contributed by atoms with Crippen molar-refractivity contribution in [3.05, 3.63) is 20.5 Å². The Morgan fingerprint density at radius 2 is 2.05 bits per heavy atom. The molecule has 10 heteroatoms. The van der Waals surface area contributed by atoms with Crippen molar-refractivity contribution in [1.29, 1.82) is 0 Å². The first-order chi connectivity index (χ1) is 9.73. The van der Waals surface area contributed by atoms with Crippen LogP contribution in [0.2, 0.25) is 4.34 Å². The lowest BCUT2D eigenvalue weighted by molar-refractivity contribution is -0.384. The lowest BCUT2D eigenvalue weighted by Crippen LogP contribution is -2.44. The average molecular weight is 355 g/mol. The molecule has 0 aliphatic heterocycles. The number of hydrogen-bond acceptors (Lipinski definition) is 6. The molecular formula is C11H15ClN2O5S2. The molecular weight excluding hydrogens is 340 g/mol. The monoisotopic (exact) mass is 354 g/mol. The summed E-state index contributed by atoms with van der Waals surface area (Å²) in [5.41, 5.74) is -1.48. The summed E-state index contributed by atoms with van der Waals surface area (Å²) >= 11 is 6.28. The molecule has 0 aromatic carbocycles. The van der Waals surface area contributed by atoms with Crippen LogP contribution in [0.15, 0.2) is 10.3 Å². The van der Waals surface area contributed by atoms with Gasteiger partial charge in [0, 0.05) is 12.6 Å². The summed E-state index contributed by atoms with van der Waals surface area (Å²) in [5, 5.41) is 21.0. The first-order valence-electron chi connectivity index (χ1n) is 6.39. The third-order valence-electron chi connectivity index (χ3n) is 3.48. The van der Waals surface area contributed by atoms with E-state index in [1.165, 1.54) is 0 Å². The van der Waals surface area contributed by atoms with Crippen LogP contribution in [0.4, 0.5) is 5.69 Å². The van der Waals surface area contributed by atoms with Crippen LogP contribution < -0.4 is 4.72 Å². The van der Waals surface area contributed by atoms with Crippen LogP contribution in [0.3, 0.4) is 0 Å². The minimum absolute atomic E-state index is 0.0986. The molecule has 0 spiro atoms. The average Bonchev–Trinajstić information content (AvgIpc) is 2.81. The summed E-state index contributed by atoms with van der Waals surface area (Å²) < 4.78 is 26.1. The highest BCUT2D eigenvalue weighted by atomic mass is 35.5. The van der Waals surface area contributed by atoms with Gasteiger partial charge in [-0.05, 0) is 12.8 Å². The van der Waals surface area contributed by atoms with Crippen LogP contribution >= 0.6 is 22.9 Å². The molecule has 0 bridgehead atoms. The van der Waals surface area contributed by atoms with Crippen molar-refractivity contribution in [2.75, 3.05) is 6.54 Å². The molecule has 1 saturated carbocycles. The number of aliphatic hydroxyl groups is 1. The van der Waals surface area contributed by atoms with E-state index in [2.05, 4.69) is 4.72 Å². The maximum atomic E-state index is 12.1. The molecule has 1 aliphatic carbocycles. The summed E-state index contributed by atoms with van der Waals surface area (Å²) in [6.07, 6.45) is 3.83. The maximum absolute atomic E-state index is 12.1. The van der Waals surface area contributed by atoms with Crippen molar-refractivity contribution in [2.24, 2.45) is 0 Å². The van der Waals surface area contributed by atoms with E-state index in [4.69, 9.17) is 11.6 Å². The molecule has 1 aromatic heterocycles. The lowest BCUT2D eigenvalue weighted by atomic mass is 9.85. The van der Waals surface area contributed by atoms with Crippen LogP contribution in [-0.2, 0) is 10.0 Å². The summed E-state index contributed by atoms with van der Waals surface area (Å²) in [4.78, 5) is 9.96. The molecule has 1 aromatic rings. The highest BCUT2D eigenvalue weighted by Crippen LogP contribution is 2.36. The first-order valence-corrected chi connectivity index (χ1v) is 9.07. The number of nitrogens with one attached hydrogen (secondary N) is 1. The Morgan fingerprint density at radius 3 is 2.57 bits per heavy atom. The van der Waals surface area contributed by atoms with Crippen molar-refractivity contribution < 1.29 is 18.4 Å². The predicted octanol–water partition coefficient (Wildman–Crippen LogP) is 2.28. The highest BCUT2D eigenvalue weighted by molar-refractivity contribution is 7.91. The van der Waals surface area contributed by atoms with Crippen molar-refractivity contribution >= 4 is 38.6 Å². The molecule has 0 saturated heterocycles. The van der Waals surface area contributed by atoms with E-state index < -0.39 is 26.2 Å². The molecule has 1 aliphatic rings. The second-order valence-electron chi connectivity index (χ2n) is 5.09. The van der Waals surface area contributed by atoms with Gasteiger partial charge in [-0.2, -0.15) is 0 Å². The highest BCUT2D eigenvalue weighted by Gasteiger charge is 2.32. The zero-order valence-electron chi connectivity index (χ0n) is 11.0. The van der Waals surface area contributed by atoms with Crippen molar-refractivity contribution in [3.63, 3.8) is 0 Å². The van der Waals surface area contributed by atoms with Crippen molar-refractivity contribution in [2.45, 2.75) is 41.9 Å². The smallest absolute Gasteiger partial charge is 0.300 e. The topological polar surface area (TPSA) is 110 Å². The van der Waals surface area contributed by atoms with E-state index >= 15 is 0 Å². The largest absolute Gasteiger partial charge is 0.389 e. The predicted molar refractivity (Wildman–Crippen MR) is 79.2 cm³/mol. The van der Waals surface area contributed by atoms with E-state index in [-0.39, 0.29) is 15.1 Å². The Morgan fingerprint density at radius 1 is 1.43 bits per heavy atom. The fourth-order valence-corrected chi connectivity index (χ4v) is 5.11. The van der Waals surface area contributed by atoms with Crippen LogP contribution in [0, 0.1) is 10.1 Å². The van der Waals surface area contributed by atoms with Crippen LogP contribution in [0.25, 0.3) is 0 Å². The van der Waals surface area contributed by atoms with Gasteiger partial charge in [-0.15, -0.1) is 11.3 Å². The number of rotatable bonds is 5. The Kier molecular flexibility index (Phi) is 4.89. The number of nitrogens with zero attached hydrogens (tertiary/aromatic N) is 1. The van der Waals surface area contributed by atoms with Gasteiger partial charge in [0.2, 0.25) is 10.0 Å². The van der Waals surface area contributed by atoms with Crippen LogP contribution in [0.5, 0.6) is 0 Å². The second-order valence-corrected chi connectivity index (χ2v) is 8.74. The summed E-state index contributed by atoms with van der Waals surface area (Å²) in [6, 6.07) is 0.931. The van der Waals surface area contributed by atoms with Gasteiger partial charge in [0.15, 0.2) is 4.34 Å². The van der Waals surface area contributed by atoms with E-state index in [1.54, 1.807) is 0 Å². The molecule has 118 valence electrons. The van der Waals surface area contributed by atoms with E-state index in [0.29, 0.717) is 24.2 Å². The van der Waals surface area contributed by atoms with Gasteiger partial charge in [0.1, 0.15) is 4.21 Å². The quantitative estimate of drug-likeness (QED) is 0.622. The Bertz CT molecular complexity index is 637. The molecule has 2 N–H and O–H groups in total. The number of sulfonamides is 1. The molecule has 0 amide bonds. The third kappa shape index (κ3) is 3.92. The number of nitro groups is 1. The summed E-state index contributed by atoms with van der Waals surface area (Å²) in [5.74, 6) is 0. The van der Waals surface area contributed by atoms with Gasteiger partial charge in [-0.3, -0.25) is 10.1 Å². The van der Waals surface area contributed by atoms with Gasteiger partial charge in [-0.1, -0.05) is 30.9 Å². The van der Waals surface area contributed by atoms with Gasteiger partial charge in [0.25, 0.3) is 5.69 Å². The fraction of sp³-hybridized carbons (Fsp3) is 0.636. The molecule has 0 atom stereocenters. The van der Waals surface area contributed by atoms with Crippen LogP contribution in [0.1, 0.15) is 32.1 Å². The standard InChI is InChI=1S/C11H15ClN2O5S2/c12-10-8(14(16)17)6-9(20-10)21(18,19)13-7-11(15)4-2-1-3-5-11/h6,13,15H,1-5,7H2. The molecule has 2 rings (SSSR count). The Balaban J connectivity index is 2.11. The lowest BCUT2D eigenvalue weighted by Gasteiger charge is -2.31. The Hall–Kier alpha value is -0.740. The number of halogens is 1. The summed E-state index contributed by atoms with van der Waals surface area (Å²) in [6.45, 7) is -0.0986. The first kappa shape index (κ1) is 16.6. The van der Waals surface area contributed by atoms with Crippen molar-refractivity contribution in [1.82, 2.24) is 4.72 Å². The zero-order chi connectivity index (χ0) is 15.7. The van der Waals surface area contributed by atoms with E-state index in [0.717, 1.165) is 25.3 Å². The minimum atomic E-state index is -3.91. The molecule has 1 heterocycles. The minimum Gasteiger partial charge on any atom is -0.389 e. The number of hydrogen-bond donors (Lipinski definition) is 2. The molecule has 7 nitrogen and oxygen atoms in total. The molecule has 0 unspecified atom stereocenters. The molecule has 1 fully saturated rings. The number of thiophene rings is 1. The van der Waals surface area contributed by atoms with Gasteiger partial charge in [0.05, 0.1) is 10.5 Å². The van der Waals surface area contributed by atoms with Gasteiger partial charge in [-0.25, -0.2) is 13.1 Å². The van der Waals surface area contributed by atoms with Gasteiger partial charge >= 0.3 is 0 Å². The van der Waals surface area contributed by atoms with E-state index in [1.807, 2.05) is 0 Å².